The lowest BCUT2D eigenvalue weighted by molar-refractivity contribution is -0.157. The summed E-state index contributed by atoms with van der Waals surface area (Å²) in [6.45, 7) is 7.29. The molecule has 2 amide bonds. The van der Waals surface area contributed by atoms with Crippen molar-refractivity contribution in [3.05, 3.63) is 90.0 Å². The molecule has 0 bridgehead atoms. The number of anilines is 2. The molecule has 0 aliphatic carbocycles. The Hall–Kier alpha value is -3.85. The number of nitrogens with one attached hydrogen (secondary N) is 3. The maximum absolute atomic E-state index is 12.8. The van der Waals surface area contributed by atoms with Crippen LogP contribution in [0.3, 0.4) is 0 Å². The molecule has 3 N–H and O–H groups in total. The maximum Gasteiger partial charge on any atom is 0.329 e. The van der Waals surface area contributed by atoms with E-state index in [1.165, 1.54) is 0 Å². The highest BCUT2D eigenvalue weighted by molar-refractivity contribution is 7.92. The molecule has 9 heteroatoms. The summed E-state index contributed by atoms with van der Waals surface area (Å²) in [5.74, 6) is -0.539. The van der Waals surface area contributed by atoms with Gasteiger partial charge in [0.15, 0.2) is 0 Å². The Morgan fingerprint density at radius 2 is 1.43 bits per heavy atom. The number of hydrogen-bond acceptors (Lipinski definition) is 5. The van der Waals surface area contributed by atoms with Crippen LogP contribution >= 0.6 is 0 Å². The Morgan fingerprint density at radius 1 is 0.838 bits per heavy atom. The van der Waals surface area contributed by atoms with Gasteiger partial charge in [0, 0.05) is 17.8 Å². The van der Waals surface area contributed by atoms with Crippen molar-refractivity contribution in [3.8, 4) is 0 Å². The second kappa shape index (κ2) is 11.9. The molecular weight excluding hydrogens is 490 g/mol. The van der Waals surface area contributed by atoms with Gasteiger partial charge in [-0.25, -0.2) is 18.0 Å². The molecule has 0 unspecified atom stereocenters. The first-order valence-corrected chi connectivity index (χ1v) is 13.5. The summed E-state index contributed by atoms with van der Waals surface area (Å²) in [5, 5.41) is 5.36. The molecule has 0 radical (unpaired) electrons. The molecule has 196 valence electrons. The van der Waals surface area contributed by atoms with Crippen molar-refractivity contribution in [1.82, 2.24) is 5.32 Å². The quantitative estimate of drug-likeness (QED) is 0.337. The van der Waals surface area contributed by atoms with Gasteiger partial charge >= 0.3 is 12.0 Å². The van der Waals surface area contributed by atoms with Crippen molar-refractivity contribution in [2.75, 3.05) is 10.0 Å². The fourth-order valence-electron chi connectivity index (χ4n) is 3.48. The third-order valence-corrected chi connectivity index (χ3v) is 6.71. The van der Waals surface area contributed by atoms with Crippen LogP contribution in [0.25, 0.3) is 0 Å². The van der Waals surface area contributed by atoms with E-state index >= 15 is 0 Å². The largest absolute Gasteiger partial charge is 0.458 e. The van der Waals surface area contributed by atoms with Crippen molar-refractivity contribution in [3.63, 3.8) is 0 Å². The molecule has 0 saturated carbocycles. The van der Waals surface area contributed by atoms with Gasteiger partial charge in [0.25, 0.3) is 10.0 Å². The van der Waals surface area contributed by atoms with E-state index in [2.05, 4.69) is 15.4 Å². The van der Waals surface area contributed by atoms with Crippen molar-refractivity contribution in [2.24, 2.45) is 0 Å². The number of carbonyl (C=O) groups is 2. The van der Waals surface area contributed by atoms with E-state index in [1.807, 2.05) is 37.3 Å². The zero-order valence-corrected chi connectivity index (χ0v) is 22.3. The molecule has 0 heterocycles. The number of sulfonamides is 1. The van der Waals surface area contributed by atoms with Crippen LogP contribution in [0.2, 0.25) is 0 Å². The third kappa shape index (κ3) is 8.64. The summed E-state index contributed by atoms with van der Waals surface area (Å²) in [6.07, 6.45) is 1.09. The summed E-state index contributed by atoms with van der Waals surface area (Å²) in [6, 6.07) is 20.8. The van der Waals surface area contributed by atoms with Crippen molar-refractivity contribution >= 4 is 33.4 Å². The van der Waals surface area contributed by atoms with Crippen LogP contribution in [0.15, 0.2) is 83.8 Å². The van der Waals surface area contributed by atoms with Gasteiger partial charge in [-0.1, -0.05) is 49.4 Å². The van der Waals surface area contributed by atoms with Crippen LogP contribution in [-0.2, 0) is 32.4 Å². The highest BCUT2D eigenvalue weighted by Crippen LogP contribution is 2.19. The molecule has 37 heavy (non-hydrogen) atoms. The Kier molecular flexibility index (Phi) is 8.94. The molecule has 3 rings (SSSR count). The van der Waals surface area contributed by atoms with E-state index in [0.29, 0.717) is 11.4 Å². The molecule has 0 spiro atoms. The highest BCUT2D eigenvalue weighted by atomic mass is 32.2. The predicted octanol–water partition coefficient (Wildman–Crippen LogP) is 5.12. The smallest absolute Gasteiger partial charge is 0.329 e. The van der Waals surface area contributed by atoms with Crippen molar-refractivity contribution in [2.45, 2.75) is 57.1 Å². The van der Waals surface area contributed by atoms with E-state index in [1.54, 1.807) is 69.3 Å². The Bertz CT molecular complexity index is 1300. The summed E-state index contributed by atoms with van der Waals surface area (Å²) < 4.78 is 33.3. The molecule has 0 aliphatic heterocycles. The van der Waals surface area contributed by atoms with Gasteiger partial charge in [0.1, 0.15) is 11.6 Å². The molecule has 3 aromatic carbocycles. The van der Waals surface area contributed by atoms with E-state index in [4.69, 9.17) is 4.74 Å². The molecule has 0 aliphatic rings. The van der Waals surface area contributed by atoms with Gasteiger partial charge in [0.2, 0.25) is 0 Å². The molecule has 0 fully saturated rings. The summed E-state index contributed by atoms with van der Waals surface area (Å²) in [7, 11) is -3.75. The SMILES string of the molecule is CCc1ccc(S(=O)(=O)Nc2ccc(NC(=O)N[C@@H](Cc3ccccc3)C(=O)OC(C)(C)C)cc2)cc1. The van der Waals surface area contributed by atoms with Crippen LogP contribution in [0.1, 0.15) is 38.8 Å². The van der Waals surface area contributed by atoms with Gasteiger partial charge in [-0.3, -0.25) is 4.72 Å². The zero-order valence-electron chi connectivity index (χ0n) is 21.4. The minimum atomic E-state index is -3.75. The number of carbonyl (C=O) groups excluding carboxylic acids is 2. The minimum absolute atomic E-state index is 0.165. The molecule has 1 atom stereocenters. The summed E-state index contributed by atoms with van der Waals surface area (Å²) >= 11 is 0. The molecular formula is C28H33N3O5S. The average Bonchev–Trinajstić information content (AvgIpc) is 2.84. The number of esters is 1. The highest BCUT2D eigenvalue weighted by Gasteiger charge is 2.27. The van der Waals surface area contributed by atoms with Crippen LogP contribution in [0.4, 0.5) is 16.2 Å². The number of aryl methyl sites for hydroxylation is 1. The van der Waals surface area contributed by atoms with E-state index in [0.717, 1.165) is 17.5 Å². The summed E-state index contributed by atoms with van der Waals surface area (Å²) in [5.41, 5.74) is 1.99. The third-order valence-electron chi connectivity index (χ3n) is 5.32. The lowest BCUT2D eigenvalue weighted by Crippen LogP contribution is -2.47. The Balaban J connectivity index is 1.64. The fourth-order valence-corrected chi connectivity index (χ4v) is 4.54. The number of amides is 2. The monoisotopic (exact) mass is 523 g/mol. The predicted molar refractivity (Wildman–Crippen MR) is 145 cm³/mol. The minimum Gasteiger partial charge on any atom is -0.458 e. The van der Waals surface area contributed by atoms with Crippen LogP contribution in [0.5, 0.6) is 0 Å². The second-order valence-electron chi connectivity index (χ2n) is 9.55. The molecule has 0 aromatic heterocycles. The topological polar surface area (TPSA) is 114 Å². The number of rotatable bonds is 9. The molecule has 8 nitrogen and oxygen atoms in total. The Morgan fingerprint density at radius 3 is 2.00 bits per heavy atom. The number of benzene rings is 3. The van der Waals surface area contributed by atoms with Gasteiger partial charge < -0.3 is 15.4 Å². The summed E-state index contributed by atoms with van der Waals surface area (Å²) in [4.78, 5) is 25.6. The maximum atomic E-state index is 12.8. The van der Waals surface area contributed by atoms with Gasteiger partial charge in [-0.15, -0.1) is 0 Å². The van der Waals surface area contributed by atoms with Crippen LogP contribution in [-0.4, -0.2) is 32.1 Å². The van der Waals surface area contributed by atoms with E-state index < -0.39 is 33.7 Å². The van der Waals surface area contributed by atoms with Crippen molar-refractivity contribution in [1.29, 1.82) is 0 Å². The van der Waals surface area contributed by atoms with Gasteiger partial charge in [-0.2, -0.15) is 0 Å². The first kappa shape index (κ1) is 27.7. The first-order chi connectivity index (χ1) is 17.4. The van der Waals surface area contributed by atoms with E-state index in [-0.39, 0.29) is 11.3 Å². The normalized spacial score (nSPS) is 12.3. The van der Waals surface area contributed by atoms with E-state index in [9.17, 15) is 18.0 Å². The second-order valence-corrected chi connectivity index (χ2v) is 11.2. The van der Waals surface area contributed by atoms with Gasteiger partial charge in [-0.05, 0) is 74.7 Å². The number of ether oxygens (including phenoxy) is 1. The standard InChI is InChI=1S/C28H33N3O5S/c1-5-20-11-17-24(18-12-20)37(34,35)31-23-15-13-22(14-16-23)29-27(33)30-25(26(32)36-28(2,3)4)19-21-9-7-6-8-10-21/h6-18,25,31H,5,19H2,1-4H3,(H2,29,30,33)/t25-/m0/s1. The fraction of sp³-hybridized carbons (Fsp3) is 0.286. The Labute approximate surface area is 218 Å². The zero-order chi connectivity index (χ0) is 27.1. The average molecular weight is 524 g/mol. The van der Waals surface area contributed by atoms with Gasteiger partial charge in [0.05, 0.1) is 4.90 Å². The first-order valence-electron chi connectivity index (χ1n) is 12.0. The molecule has 0 saturated heterocycles. The number of hydrogen-bond donors (Lipinski definition) is 3. The lowest BCUT2D eigenvalue weighted by Gasteiger charge is -2.24. The van der Waals surface area contributed by atoms with Crippen molar-refractivity contribution < 1.29 is 22.7 Å². The van der Waals surface area contributed by atoms with Crippen LogP contribution < -0.4 is 15.4 Å². The number of urea groups is 1. The van der Waals surface area contributed by atoms with Crippen LogP contribution in [0, 0.1) is 0 Å². The lowest BCUT2D eigenvalue weighted by atomic mass is 10.1. The molecule has 3 aromatic rings.